The van der Waals surface area contributed by atoms with Gasteiger partial charge in [0, 0.05) is 43.3 Å². The molecule has 2 aliphatic heterocycles. The zero-order valence-electron chi connectivity index (χ0n) is 12.6. The van der Waals surface area contributed by atoms with E-state index < -0.39 is 0 Å². The van der Waals surface area contributed by atoms with Crippen molar-refractivity contribution in [3.05, 3.63) is 68.3 Å². The van der Waals surface area contributed by atoms with Crippen LogP contribution < -0.4 is 10.2 Å². The van der Waals surface area contributed by atoms with Gasteiger partial charge in [-0.3, -0.25) is 4.79 Å². The van der Waals surface area contributed by atoms with Crippen molar-refractivity contribution in [2.24, 2.45) is 5.92 Å². The largest absolute Gasteiger partial charge is 0.493 e. The van der Waals surface area contributed by atoms with Crippen LogP contribution in [0.1, 0.15) is 17.0 Å². The minimum Gasteiger partial charge on any atom is -0.493 e. The molecule has 0 radical (unpaired) electrons. The Morgan fingerprint density at radius 2 is 2.04 bits per heavy atom. The second-order valence-corrected chi connectivity index (χ2v) is 9.43. The zero-order chi connectivity index (χ0) is 16.3. The van der Waals surface area contributed by atoms with Crippen LogP contribution in [0.3, 0.4) is 0 Å². The van der Waals surface area contributed by atoms with Gasteiger partial charge in [0.25, 0.3) is 0 Å². The maximum absolute atomic E-state index is 13.3. The molecule has 0 amide bonds. The average molecular weight is 417 g/mol. The van der Waals surface area contributed by atoms with Gasteiger partial charge in [-0.15, -0.1) is 23.1 Å². The summed E-state index contributed by atoms with van der Waals surface area (Å²) in [5, 5.41) is 0.838. The fourth-order valence-electron chi connectivity index (χ4n) is 3.67. The number of thioether (sulfide) groups is 1. The summed E-state index contributed by atoms with van der Waals surface area (Å²) in [6.45, 7) is 0.683. The van der Waals surface area contributed by atoms with Crippen LogP contribution in [0.2, 0.25) is 0 Å². The number of hydrogen-bond donors (Lipinski definition) is 0. The van der Waals surface area contributed by atoms with Crippen molar-refractivity contribution in [1.29, 1.82) is 0 Å². The van der Waals surface area contributed by atoms with Crippen LogP contribution >= 0.6 is 39.0 Å². The van der Waals surface area contributed by atoms with Gasteiger partial charge in [0.15, 0.2) is 5.43 Å². The lowest BCUT2D eigenvalue weighted by atomic mass is 9.80. The Morgan fingerprint density at radius 1 is 1.17 bits per heavy atom. The number of rotatable bonds is 0. The molecule has 2 nitrogen and oxygen atoms in total. The van der Waals surface area contributed by atoms with Crippen molar-refractivity contribution in [2.45, 2.75) is 10.1 Å². The Hall–Kier alpha value is -1.30. The molecule has 5 heteroatoms. The zero-order valence-corrected chi connectivity index (χ0v) is 15.8. The number of hydrogen-bond acceptors (Lipinski definition) is 4. The highest BCUT2D eigenvalue weighted by atomic mass is 79.9. The molecule has 0 aliphatic carbocycles. The minimum atomic E-state index is 0.135. The second-order valence-electron chi connectivity index (χ2n) is 6.17. The molecular formula is C19H13BrO2S2. The van der Waals surface area contributed by atoms with Crippen molar-refractivity contribution < 1.29 is 4.74 Å². The van der Waals surface area contributed by atoms with Crippen molar-refractivity contribution in [1.82, 2.24) is 0 Å². The highest BCUT2D eigenvalue weighted by Crippen LogP contribution is 2.50. The van der Waals surface area contributed by atoms with E-state index in [9.17, 15) is 4.79 Å². The van der Waals surface area contributed by atoms with Gasteiger partial charge in [-0.25, -0.2) is 0 Å². The molecule has 3 heterocycles. The van der Waals surface area contributed by atoms with Crippen LogP contribution in [0.25, 0.3) is 10.1 Å². The molecule has 0 N–H and O–H groups in total. The molecule has 120 valence electrons. The highest BCUT2D eigenvalue weighted by Gasteiger charge is 2.39. The average Bonchev–Trinajstić information content (AvgIpc) is 2.61. The summed E-state index contributed by atoms with van der Waals surface area (Å²) in [6, 6.07) is 14.1. The fourth-order valence-corrected chi connectivity index (χ4v) is 6.73. The molecule has 0 bridgehead atoms. The van der Waals surface area contributed by atoms with Gasteiger partial charge < -0.3 is 4.74 Å². The lowest BCUT2D eigenvalue weighted by molar-refractivity contribution is 0.218. The highest BCUT2D eigenvalue weighted by molar-refractivity contribution is 9.10. The van der Waals surface area contributed by atoms with E-state index in [2.05, 4.69) is 22.0 Å². The first kappa shape index (κ1) is 15.0. The predicted octanol–water partition coefficient (Wildman–Crippen LogP) is 5.27. The molecular weight excluding hydrogens is 404 g/mol. The molecule has 2 aliphatic rings. The van der Waals surface area contributed by atoms with E-state index >= 15 is 0 Å². The van der Waals surface area contributed by atoms with Gasteiger partial charge in [-0.05, 0) is 30.3 Å². The van der Waals surface area contributed by atoms with E-state index in [1.54, 1.807) is 11.3 Å². The van der Waals surface area contributed by atoms with Gasteiger partial charge in [0.05, 0.1) is 10.8 Å². The van der Waals surface area contributed by atoms with E-state index in [0.717, 1.165) is 37.2 Å². The van der Waals surface area contributed by atoms with E-state index in [0.29, 0.717) is 12.5 Å². The van der Waals surface area contributed by atoms with Gasteiger partial charge in [-0.2, -0.15) is 0 Å². The molecule has 2 aromatic carbocycles. The summed E-state index contributed by atoms with van der Waals surface area (Å²) < 4.78 is 9.24. The summed E-state index contributed by atoms with van der Waals surface area (Å²) in [5.41, 5.74) is 2.30. The van der Waals surface area contributed by atoms with Gasteiger partial charge in [0.1, 0.15) is 5.75 Å². The van der Waals surface area contributed by atoms with Crippen LogP contribution in [0, 0.1) is 5.92 Å². The number of halogens is 1. The number of fused-ring (bicyclic) bond motifs is 6. The lowest BCUT2D eigenvalue weighted by Gasteiger charge is -2.37. The summed E-state index contributed by atoms with van der Waals surface area (Å²) >= 11 is 7.13. The lowest BCUT2D eigenvalue weighted by Crippen LogP contribution is -2.34. The number of benzene rings is 2. The van der Waals surface area contributed by atoms with Crippen molar-refractivity contribution in [3.8, 4) is 5.75 Å². The molecule has 0 fully saturated rings. The maximum atomic E-state index is 13.3. The minimum absolute atomic E-state index is 0.135. The molecule has 0 spiro atoms. The Kier molecular flexibility index (Phi) is 3.51. The van der Waals surface area contributed by atoms with Gasteiger partial charge in [-0.1, -0.05) is 28.1 Å². The second kappa shape index (κ2) is 5.61. The summed E-state index contributed by atoms with van der Waals surface area (Å²) in [7, 11) is 0. The third kappa shape index (κ3) is 2.18. The summed E-state index contributed by atoms with van der Waals surface area (Å²) in [6.07, 6.45) is 0. The maximum Gasteiger partial charge on any atom is 0.193 e. The standard InChI is InChI=1S/C19H13BrO2S2/c20-11-5-6-14-13(7-11)16-10(8-22-14)9-23-19-17(16)18(21)12-3-1-2-4-15(12)24-19/h1-7,10,16H,8-9H2/t10-,16+/m1/s1. The predicted molar refractivity (Wildman–Crippen MR) is 104 cm³/mol. The normalized spacial score (nSPS) is 21.5. The molecule has 24 heavy (non-hydrogen) atoms. The first-order valence-corrected chi connectivity index (χ1v) is 10.4. The summed E-state index contributed by atoms with van der Waals surface area (Å²) in [4.78, 5) is 13.3. The quantitative estimate of drug-likeness (QED) is 0.499. The Morgan fingerprint density at radius 3 is 2.96 bits per heavy atom. The molecule has 1 aromatic heterocycles. The Labute approximate surface area is 156 Å². The van der Waals surface area contributed by atoms with E-state index in [1.807, 2.05) is 48.2 Å². The van der Waals surface area contributed by atoms with Crippen molar-refractivity contribution in [3.63, 3.8) is 0 Å². The fraction of sp³-hybridized carbons (Fsp3) is 0.211. The van der Waals surface area contributed by atoms with Gasteiger partial charge >= 0.3 is 0 Å². The van der Waals surface area contributed by atoms with Crippen LogP contribution in [-0.4, -0.2) is 12.4 Å². The third-order valence-electron chi connectivity index (χ3n) is 4.77. The first-order valence-electron chi connectivity index (χ1n) is 7.83. The van der Waals surface area contributed by atoms with Crippen molar-refractivity contribution in [2.75, 3.05) is 12.4 Å². The molecule has 0 unspecified atom stereocenters. The van der Waals surface area contributed by atoms with E-state index in [-0.39, 0.29) is 11.3 Å². The monoisotopic (exact) mass is 416 g/mol. The van der Waals surface area contributed by atoms with Crippen LogP contribution in [0.15, 0.2) is 55.9 Å². The first-order chi connectivity index (χ1) is 11.7. The SMILES string of the molecule is O=c1c2c(sc3ccccc13)SC[C@H]1COc3ccc(Br)cc3[C@@H]21. The topological polar surface area (TPSA) is 26.3 Å². The molecule has 2 atom stereocenters. The van der Waals surface area contributed by atoms with Gasteiger partial charge in [0.2, 0.25) is 0 Å². The molecule has 0 saturated carbocycles. The van der Waals surface area contributed by atoms with Crippen LogP contribution in [0.5, 0.6) is 5.75 Å². The Balaban J connectivity index is 1.82. The molecule has 3 aromatic rings. The van der Waals surface area contributed by atoms with Crippen LogP contribution in [-0.2, 0) is 0 Å². The Bertz CT molecular complexity index is 1030. The third-order valence-corrected chi connectivity index (χ3v) is 7.92. The van der Waals surface area contributed by atoms with E-state index in [4.69, 9.17) is 4.74 Å². The number of ether oxygens (including phenoxy) is 1. The van der Waals surface area contributed by atoms with Crippen LogP contribution in [0.4, 0.5) is 0 Å². The molecule has 5 rings (SSSR count). The van der Waals surface area contributed by atoms with Crippen molar-refractivity contribution >= 4 is 49.1 Å². The smallest absolute Gasteiger partial charge is 0.193 e. The summed E-state index contributed by atoms with van der Waals surface area (Å²) in [5.74, 6) is 2.40. The van der Waals surface area contributed by atoms with E-state index in [1.165, 1.54) is 4.21 Å². The molecule has 0 saturated heterocycles.